The number of imidazole rings is 1. The second kappa shape index (κ2) is 9.29. The molecule has 0 unspecified atom stereocenters. The Hall–Kier alpha value is -2.56. The Labute approximate surface area is 185 Å². The SMILES string of the molecule is CCN(CC)S(=O)(=O)c1ccc2c(c1)nc(SCC(=O)c1ccc(O)c(O)c1)n2CC. The Balaban J connectivity index is 1.89. The molecule has 0 fully saturated rings. The number of phenols is 2. The number of rotatable bonds is 9. The summed E-state index contributed by atoms with van der Waals surface area (Å²) in [5.74, 6) is -0.774. The van der Waals surface area contributed by atoms with Crippen LogP contribution in [0.4, 0.5) is 0 Å². The minimum Gasteiger partial charge on any atom is -0.504 e. The lowest BCUT2D eigenvalue weighted by Crippen LogP contribution is -2.30. The van der Waals surface area contributed by atoms with Crippen LogP contribution >= 0.6 is 11.8 Å². The topological polar surface area (TPSA) is 113 Å². The third-order valence-corrected chi connectivity index (χ3v) is 8.00. The molecule has 0 amide bonds. The third-order valence-electron chi connectivity index (χ3n) is 4.97. The van der Waals surface area contributed by atoms with Crippen molar-refractivity contribution in [3.05, 3.63) is 42.0 Å². The summed E-state index contributed by atoms with van der Waals surface area (Å²) < 4.78 is 29.0. The number of aromatic nitrogens is 2. The molecule has 166 valence electrons. The summed E-state index contributed by atoms with van der Waals surface area (Å²) in [7, 11) is -3.59. The first-order chi connectivity index (χ1) is 14.7. The van der Waals surface area contributed by atoms with Crippen molar-refractivity contribution >= 4 is 38.6 Å². The van der Waals surface area contributed by atoms with Crippen molar-refractivity contribution in [2.24, 2.45) is 0 Å². The number of aromatic hydroxyl groups is 2. The van der Waals surface area contributed by atoms with E-state index in [4.69, 9.17) is 0 Å². The van der Waals surface area contributed by atoms with Crippen LogP contribution in [0.25, 0.3) is 11.0 Å². The second-order valence-electron chi connectivity index (χ2n) is 6.79. The predicted octanol–water partition coefficient (Wildman–Crippen LogP) is 3.47. The van der Waals surface area contributed by atoms with Crippen LogP contribution in [0.5, 0.6) is 11.5 Å². The molecule has 0 aliphatic carbocycles. The molecule has 0 spiro atoms. The van der Waals surface area contributed by atoms with Crippen LogP contribution in [0.3, 0.4) is 0 Å². The van der Waals surface area contributed by atoms with Gasteiger partial charge in [0.05, 0.1) is 21.7 Å². The van der Waals surface area contributed by atoms with Gasteiger partial charge in [0.25, 0.3) is 0 Å². The first-order valence-corrected chi connectivity index (χ1v) is 12.3. The van der Waals surface area contributed by atoms with Gasteiger partial charge in [0.1, 0.15) is 0 Å². The van der Waals surface area contributed by atoms with Crippen molar-refractivity contribution in [2.75, 3.05) is 18.8 Å². The molecule has 0 aliphatic rings. The Morgan fingerprint density at radius 2 is 1.77 bits per heavy atom. The Kier molecular flexibility index (Phi) is 6.93. The summed E-state index contributed by atoms with van der Waals surface area (Å²) >= 11 is 1.24. The van der Waals surface area contributed by atoms with E-state index in [2.05, 4.69) is 4.98 Å². The fraction of sp³-hybridized carbons (Fsp3) is 0.333. The van der Waals surface area contributed by atoms with Crippen LogP contribution in [0.2, 0.25) is 0 Å². The molecule has 3 rings (SSSR count). The number of hydrogen-bond acceptors (Lipinski definition) is 7. The number of benzene rings is 2. The highest BCUT2D eigenvalue weighted by molar-refractivity contribution is 7.99. The maximum atomic E-state index is 12.8. The zero-order valence-electron chi connectivity index (χ0n) is 17.6. The summed E-state index contributed by atoms with van der Waals surface area (Å²) in [4.78, 5) is 17.2. The van der Waals surface area contributed by atoms with Gasteiger partial charge in [-0.15, -0.1) is 0 Å². The molecule has 8 nitrogen and oxygen atoms in total. The van der Waals surface area contributed by atoms with Crippen LogP contribution in [0.1, 0.15) is 31.1 Å². The summed E-state index contributed by atoms with van der Waals surface area (Å²) in [5, 5.41) is 19.6. The first-order valence-electron chi connectivity index (χ1n) is 9.91. The number of ketones is 1. The van der Waals surface area contributed by atoms with E-state index in [1.54, 1.807) is 32.0 Å². The molecule has 2 aromatic carbocycles. The molecule has 1 aromatic heterocycles. The molecular formula is C21H25N3O5S2. The Bertz CT molecular complexity index is 1220. The maximum Gasteiger partial charge on any atom is 0.243 e. The minimum absolute atomic E-state index is 0.0815. The number of hydrogen-bond donors (Lipinski definition) is 2. The van der Waals surface area contributed by atoms with Gasteiger partial charge in [-0.3, -0.25) is 4.79 Å². The highest BCUT2D eigenvalue weighted by atomic mass is 32.2. The summed E-state index contributed by atoms with van der Waals surface area (Å²) in [6.45, 7) is 6.92. The lowest BCUT2D eigenvalue weighted by Gasteiger charge is -2.18. The number of thioether (sulfide) groups is 1. The molecule has 10 heteroatoms. The smallest absolute Gasteiger partial charge is 0.243 e. The zero-order valence-corrected chi connectivity index (χ0v) is 19.2. The average molecular weight is 464 g/mol. The highest BCUT2D eigenvalue weighted by Gasteiger charge is 2.23. The number of Topliss-reactive ketones (excluding diaryl/α,β-unsaturated/α-hetero) is 1. The Morgan fingerprint density at radius 1 is 1.06 bits per heavy atom. The molecule has 0 saturated heterocycles. The van der Waals surface area contributed by atoms with Crippen molar-refractivity contribution in [1.82, 2.24) is 13.9 Å². The quantitative estimate of drug-likeness (QED) is 0.284. The van der Waals surface area contributed by atoms with E-state index in [0.29, 0.717) is 30.3 Å². The number of aryl methyl sites for hydroxylation is 1. The van der Waals surface area contributed by atoms with Crippen LogP contribution < -0.4 is 0 Å². The second-order valence-corrected chi connectivity index (χ2v) is 9.67. The number of phenolic OH excluding ortho intramolecular Hbond substituents is 2. The number of sulfonamides is 1. The molecule has 31 heavy (non-hydrogen) atoms. The fourth-order valence-corrected chi connectivity index (χ4v) is 5.74. The third kappa shape index (κ3) is 4.56. The van der Waals surface area contributed by atoms with Gasteiger partial charge in [0.15, 0.2) is 22.4 Å². The van der Waals surface area contributed by atoms with E-state index < -0.39 is 10.0 Å². The van der Waals surface area contributed by atoms with E-state index in [0.717, 1.165) is 5.52 Å². The van der Waals surface area contributed by atoms with E-state index >= 15 is 0 Å². The standard InChI is InChI=1S/C21H25N3O5S2/c1-4-23(5-2)31(28,29)15-8-9-17-16(12-15)22-21(24(17)6-3)30-13-20(27)14-7-10-18(25)19(26)11-14/h7-12,25-26H,4-6,13H2,1-3H3. The van der Waals surface area contributed by atoms with E-state index in [1.165, 1.54) is 34.3 Å². The van der Waals surface area contributed by atoms with Gasteiger partial charge in [-0.05, 0) is 43.3 Å². The first kappa shape index (κ1) is 23.1. The van der Waals surface area contributed by atoms with Gasteiger partial charge in [0, 0.05) is 25.2 Å². The number of carbonyl (C=O) groups excluding carboxylic acids is 1. The monoisotopic (exact) mass is 463 g/mol. The largest absolute Gasteiger partial charge is 0.504 e. The average Bonchev–Trinajstić information content (AvgIpc) is 3.11. The highest BCUT2D eigenvalue weighted by Crippen LogP contribution is 2.29. The van der Waals surface area contributed by atoms with E-state index in [1.807, 2.05) is 11.5 Å². The molecule has 3 aromatic rings. The molecule has 0 saturated carbocycles. The van der Waals surface area contributed by atoms with E-state index in [-0.39, 0.29) is 33.5 Å². The van der Waals surface area contributed by atoms with Gasteiger partial charge >= 0.3 is 0 Å². The molecule has 0 bridgehead atoms. The van der Waals surface area contributed by atoms with Crippen LogP contribution in [-0.2, 0) is 16.6 Å². The van der Waals surface area contributed by atoms with Crippen LogP contribution in [0, 0.1) is 0 Å². The normalized spacial score (nSPS) is 12.0. The van der Waals surface area contributed by atoms with Gasteiger partial charge < -0.3 is 14.8 Å². The Morgan fingerprint density at radius 3 is 2.39 bits per heavy atom. The van der Waals surface area contributed by atoms with Crippen molar-refractivity contribution < 1.29 is 23.4 Å². The maximum absolute atomic E-state index is 12.8. The van der Waals surface area contributed by atoms with Crippen LogP contribution in [-0.4, -0.2) is 57.1 Å². The lowest BCUT2D eigenvalue weighted by atomic mass is 10.1. The summed E-state index contributed by atoms with van der Waals surface area (Å²) in [5.41, 5.74) is 1.63. The van der Waals surface area contributed by atoms with Crippen molar-refractivity contribution in [3.8, 4) is 11.5 Å². The van der Waals surface area contributed by atoms with Crippen LogP contribution in [0.15, 0.2) is 46.5 Å². The fourth-order valence-electron chi connectivity index (χ4n) is 3.29. The molecule has 0 radical (unpaired) electrons. The zero-order chi connectivity index (χ0) is 22.8. The lowest BCUT2D eigenvalue weighted by molar-refractivity contribution is 0.102. The molecule has 0 atom stereocenters. The minimum atomic E-state index is -3.59. The number of carbonyl (C=O) groups is 1. The van der Waals surface area contributed by atoms with Gasteiger partial charge in [-0.1, -0.05) is 25.6 Å². The summed E-state index contributed by atoms with van der Waals surface area (Å²) in [6.07, 6.45) is 0. The van der Waals surface area contributed by atoms with Crippen molar-refractivity contribution in [1.29, 1.82) is 0 Å². The number of fused-ring (bicyclic) bond motifs is 1. The molecule has 2 N–H and O–H groups in total. The van der Waals surface area contributed by atoms with Gasteiger partial charge in [-0.25, -0.2) is 13.4 Å². The van der Waals surface area contributed by atoms with Crippen molar-refractivity contribution in [2.45, 2.75) is 37.4 Å². The van der Waals surface area contributed by atoms with E-state index in [9.17, 15) is 23.4 Å². The molecule has 0 aliphatic heterocycles. The predicted molar refractivity (Wildman–Crippen MR) is 120 cm³/mol. The molecule has 1 heterocycles. The molecular weight excluding hydrogens is 438 g/mol. The van der Waals surface area contributed by atoms with Gasteiger partial charge in [0.2, 0.25) is 10.0 Å². The number of nitrogens with zero attached hydrogens (tertiary/aromatic N) is 3. The van der Waals surface area contributed by atoms with Crippen molar-refractivity contribution in [3.63, 3.8) is 0 Å². The van der Waals surface area contributed by atoms with Gasteiger partial charge in [-0.2, -0.15) is 4.31 Å². The summed E-state index contributed by atoms with van der Waals surface area (Å²) in [6, 6.07) is 8.84.